The lowest BCUT2D eigenvalue weighted by atomic mass is 9.91. The molecule has 0 spiro atoms. The van der Waals surface area contributed by atoms with Crippen LogP contribution in [0.3, 0.4) is 0 Å². The number of likely N-dealkylation sites (tertiary alicyclic amines) is 1. The number of amides is 2. The van der Waals surface area contributed by atoms with Crippen molar-refractivity contribution < 1.29 is 9.21 Å². The van der Waals surface area contributed by atoms with E-state index >= 15 is 0 Å². The maximum atomic E-state index is 12.3. The molecule has 0 bridgehead atoms. The summed E-state index contributed by atoms with van der Waals surface area (Å²) in [7, 11) is 0. The number of benzene rings is 1. The zero-order valence-corrected chi connectivity index (χ0v) is 15.5. The number of nitrogens with two attached hydrogens (primary N) is 1. The number of nitrogens with zero attached hydrogens (tertiary/aromatic N) is 2. The molecule has 6 nitrogen and oxygen atoms in total. The minimum absolute atomic E-state index is 0.0546. The molecule has 1 saturated heterocycles. The number of piperidine rings is 1. The number of aromatic nitrogens is 1. The Morgan fingerprint density at radius 2 is 2.15 bits per heavy atom. The summed E-state index contributed by atoms with van der Waals surface area (Å²) < 4.78 is 5.84. The highest BCUT2D eigenvalue weighted by molar-refractivity contribution is 7.09. The zero-order chi connectivity index (χ0) is 18.1. The molecule has 0 unspecified atom stereocenters. The van der Waals surface area contributed by atoms with Crippen molar-refractivity contribution in [2.24, 2.45) is 5.73 Å². The second-order valence-electron chi connectivity index (χ2n) is 7.07. The van der Waals surface area contributed by atoms with E-state index in [1.807, 2.05) is 47.5 Å². The number of rotatable bonds is 3. The van der Waals surface area contributed by atoms with Crippen molar-refractivity contribution in [2.75, 3.05) is 13.1 Å². The summed E-state index contributed by atoms with van der Waals surface area (Å²) in [5, 5.41) is 6.82. The van der Waals surface area contributed by atoms with Gasteiger partial charge in [0.2, 0.25) is 0 Å². The van der Waals surface area contributed by atoms with Crippen molar-refractivity contribution in [3.8, 4) is 11.5 Å². The predicted molar refractivity (Wildman–Crippen MR) is 103 cm³/mol. The van der Waals surface area contributed by atoms with E-state index in [4.69, 9.17) is 10.2 Å². The van der Waals surface area contributed by atoms with Crippen LogP contribution < -0.4 is 11.1 Å². The van der Waals surface area contributed by atoms with Crippen LogP contribution in [0, 0.1) is 0 Å². The highest BCUT2D eigenvalue weighted by Gasteiger charge is 2.28. The average molecular weight is 370 g/mol. The first-order valence-corrected chi connectivity index (χ1v) is 9.63. The molecule has 7 heteroatoms. The van der Waals surface area contributed by atoms with E-state index in [0.717, 1.165) is 40.3 Å². The molecule has 1 aromatic carbocycles. The lowest BCUT2D eigenvalue weighted by Gasteiger charge is -2.36. The van der Waals surface area contributed by atoms with Crippen molar-refractivity contribution in [3.05, 3.63) is 40.7 Å². The quantitative estimate of drug-likeness (QED) is 0.738. The molecule has 0 saturated carbocycles. The van der Waals surface area contributed by atoms with Gasteiger partial charge in [0.25, 0.3) is 0 Å². The van der Waals surface area contributed by atoms with Gasteiger partial charge < -0.3 is 20.4 Å². The Kier molecular flexibility index (Phi) is 4.42. The summed E-state index contributed by atoms with van der Waals surface area (Å²) in [6, 6.07) is 9.83. The van der Waals surface area contributed by atoms with Gasteiger partial charge in [-0.3, -0.25) is 0 Å². The molecule has 3 heterocycles. The van der Waals surface area contributed by atoms with E-state index in [2.05, 4.69) is 10.3 Å². The molecule has 136 valence electrons. The Hall–Kier alpha value is -2.38. The first kappa shape index (κ1) is 17.1. The Morgan fingerprint density at radius 3 is 2.92 bits per heavy atom. The fourth-order valence-corrected chi connectivity index (χ4v) is 3.82. The molecule has 0 aliphatic carbocycles. The van der Waals surface area contributed by atoms with E-state index < -0.39 is 0 Å². The Bertz CT molecular complexity index is 887. The van der Waals surface area contributed by atoms with Crippen molar-refractivity contribution >= 4 is 28.3 Å². The number of nitrogens with one attached hydrogen (secondary N) is 1. The molecule has 4 rings (SSSR count). The van der Waals surface area contributed by atoms with Gasteiger partial charge in [-0.2, -0.15) is 0 Å². The van der Waals surface area contributed by atoms with Crippen LogP contribution in [0.2, 0.25) is 0 Å². The molecule has 2 amide bonds. The van der Waals surface area contributed by atoms with Crippen LogP contribution in [0.15, 0.2) is 40.1 Å². The van der Waals surface area contributed by atoms with Crippen LogP contribution in [-0.2, 0) is 6.54 Å². The SMILES string of the molecule is CC1(N)CCN(C(=O)NCc2nc(-c3cc4ccccc4o3)cs2)CC1. The second-order valence-corrected chi connectivity index (χ2v) is 8.02. The number of urea groups is 1. The molecular formula is C19H22N4O2S. The number of thiazole rings is 1. The fourth-order valence-electron chi connectivity index (χ4n) is 3.10. The fraction of sp³-hybridized carbons (Fsp3) is 0.368. The predicted octanol–water partition coefficient (Wildman–Crippen LogP) is 3.58. The number of carbonyl (C=O) groups is 1. The van der Waals surface area contributed by atoms with Gasteiger partial charge in [0, 0.05) is 29.4 Å². The number of carbonyl (C=O) groups excluding carboxylic acids is 1. The third kappa shape index (κ3) is 3.59. The van der Waals surface area contributed by atoms with Crippen molar-refractivity contribution in [2.45, 2.75) is 31.8 Å². The first-order valence-electron chi connectivity index (χ1n) is 8.75. The minimum atomic E-state index is -0.159. The van der Waals surface area contributed by atoms with E-state index in [-0.39, 0.29) is 11.6 Å². The largest absolute Gasteiger partial charge is 0.454 e. The van der Waals surface area contributed by atoms with Gasteiger partial charge in [-0.1, -0.05) is 18.2 Å². The van der Waals surface area contributed by atoms with E-state index in [1.54, 1.807) is 0 Å². The summed E-state index contributed by atoms with van der Waals surface area (Å²) in [6.07, 6.45) is 1.65. The molecule has 26 heavy (non-hydrogen) atoms. The third-order valence-corrected chi connectivity index (χ3v) is 5.66. The smallest absolute Gasteiger partial charge is 0.317 e. The van der Waals surface area contributed by atoms with Gasteiger partial charge in [0.15, 0.2) is 5.76 Å². The molecule has 2 aromatic heterocycles. The normalized spacial score (nSPS) is 16.8. The number of para-hydroxylation sites is 1. The summed E-state index contributed by atoms with van der Waals surface area (Å²) in [5.74, 6) is 0.748. The van der Waals surface area contributed by atoms with Crippen molar-refractivity contribution in [3.63, 3.8) is 0 Å². The van der Waals surface area contributed by atoms with Crippen LogP contribution >= 0.6 is 11.3 Å². The number of hydrogen-bond donors (Lipinski definition) is 2. The monoisotopic (exact) mass is 370 g/mol. The minimum Gasteiger partial charge on any atom is -0.454 e. The molecule has 0 atom stereocenters. The third-order valence-electron chi connectivity index (χ3n) is 4.81. The Morgan fingerprint density at radius 1 is 1.38 bits per heavy atom. The molecule has 3 N–H and O–H groups in total. The lowest BCUT2D eigenvalue weighted by molar-refractivity contribution is 0.164. The highest BCUT2D eigenvalue weighted by atomic mass is 32.1. The van der Waals surface area contributed by atoms with Gasteiger partial charge in [-0.15, -0.1) is 11.3 Å². The second kappa shape index (κ2) is 6.74. The maximum absolute atomic E-state index is 12.3. The van der Waals surface area contributed by atoms with Crippen LogP contribution in [0.4, 0.5) is 4.79 Å². The number of fused-ring (bicyclic) bond motifs is 1. The van der Waals surface area contributed by atoms with Crippen LogP contribution in [-0.4, -0.2) is 34.5 Å². The highest BCUT2D eigenvalue weighted by Crippen LogP contribution is 2.28. The topological polar surface area (TPSA) is 84.4 Å². The Labute approximate surface area is 156 Å². The van der Waals surface area contributed by atoms with E-state index in [1.165, 1.54) is 11.3 Å². The van der Waals surface area contributed by atoms with E-state index in [0.29, 0.717) is 19.6 Å². The van der Waals surface area contributed by atoms with Crippen molar-refractivity contribution in [1.82, 2.24) is 15.2 Å². The zero-order valence-electron chi connectivity index (χ0n) is 14.7. The standard InChI is InChI=1S/C19H22N4O2S/c1-19(20)6-8-23(9-7-19)18(24)21-11-17-22-14(12-26-17)16-10-13-4-2-3-5-15(13)25-16/h2-5,10,12H,6-9,11,20H2,1H3,(H,21,24). The van der Waals surface area contributed by atoms with Crippen LogP contribution in [0.25, 0.3) is 22.4 Å². The van der Waals surface area contributed by atoms with Gasteiger partial charge in [0.05, 0.1) is 6.54 Å². The summed E-state index contributed by atoms with van der Waals surface area (Å²) in [5.41, 5.74) is 7.60. The number of hydrogen-bond acceptors (Lipinski definition) is 5. The van der Waals surface area contributed by atoms with Crippen LogP contribution in [0.5, 0.6) is 0 Å². The number of furan rings is 1. The lowest BCUT2D eigenvalue weighted by Crippen LogP contribution is -2.52. The average Bonchev–Trinajstić information content (AvgIpc) is 3.26. The summed E-state index contributed by atoms with van der Waals surface area (Å²) >= 11 is 1.52. The molecule has 3 aromatic rings. The molecule has 0 radical (unpaired) electrons. The summed E-state index contributed by atoms with van der Waals surface area (Å²) in [4.78, 5) is 18.7. The molecule has 1 aliphatic rings. The van der Waals surface area contributed by atoms with E-state index in [9.17, 15) is 4.79 Å². The summed E-state index contributed by atoms with van der Waals surface area (Å²) in [6.45, 7) is 3.85. The maximum Gasteiger partial charge on any atom is 0.317 e. The van der Waals surface area contributed by atoms with Gasteiger partial charge in [-0.25, -0.2) is 9.78 Å². The van der Waals surface area contributed by atoms with Crippen LogP contribution in [0.1, 0.15) is 24.8 Å². The molecule has 1 fully saturated rings. The van der Waals surface area contributed by atoms with Gasteiger partial charge >= 0.3 is 6.03 Å². The molecular weight excluding hydrogens is 348 g/mol. The first-order chi connectivity index (χ1) is 12.5. The van der Waals surface area contributed by atoms with Gasteiger partial charge in [-0.05, 0) is 31.9 Å². The van der Waals surface area contributed by atoms with Gasteiger partial charge in [0.1, 0.15) is 16.3 Å². The Balaban J connectivity index is 1.37. The molecule has 1 aliphatic heterocycles. The van der Waals surface area contributed by atoms with Crippen molar-refractivity contribution in [1.29, 1.82) is 0 Å².